The zero-order valence-electron chi connectivity index (χ0n) is 10.4. The van der Waals surface area contributed by atoms with Crippen molar-refractivity contribution in [3.63, 3.8) is 0 Å². The monoisotopic (exact) mass is 288 g/mol. The number of imidazole rings is 1. The van der Waals surface area contributed by atoms with Crippen molar-refractivity contribution in [3.05, 3.63) is 18.2 Å². The van der Waals surface area contributed by atoms with Gasteiger partial charge < -0.3 is 31.8 Å². The normalized spacial score (nSPS) is 12.7. The fourth-order valence-electron chi connectivity index (χ4n) is 0.996. The van der Waals surface area contributed by atoms with Gasteiger partial charge in [0.05, 0.1) is 12.7 Å². The van der Waals surface area contributed by atoms with Crippen molar-refractivity contribution in [1.82, 2.24) is 9.97 Å². The molecule has 112 valence electrons. The summed E-state index contributed by atoms with van der Waals surface area (Å²) in [6.45, 7) is 0. The van der Waals surface area contributed by atoms with E-state index in [0.717, 1.165) is 5.69 Å². The molecule has 1 aromatic heterocycles. The van der Waals surface area contributed by atoms with Crippen molar-refractivity contribution in [1.29, 1.82) is 0 Å². The Kier molecular flexibility index (Phi) is 7.55. The molecule has 0 amide bonds. The predicted octanol–water partition coefficient (Wildman–Crippen LogP) is -1.76. The van der Waals surface area contributed by atoms with Crippen molar-refractivity contribution >= 4 is 17.9 Å². The SMILES string of the molecule is NC(CC(=O)O)C(=O)O.NC(Cc1cnc[nH]1)C(=O)O. The molecule has 1 rings (SSSR count). The smallest absolute Gasteiger partial charge is 0.321 e. The molecule has 0 saturated heterocycles. The van der Waals surface area contributed by atoms with E-state index in [9.17, 15) is 14.4 Å². The Hall–Kier alpha value is -2.46. The van der Waals surface area contributed by atoms with E-state index in [1.165, 1.54) is 6.33 Å². The molecule has 20 heavy (non-hydrogen) atoms. The van der Waals surface area contributed by atoms with Crippen LogP contribution in [0, 0.1) is 0 Å². The molecule has 8 N–H and O–H groups in total. The number of hydrogen-bond acceptors (Lipinski definition) is 6. The number of H-pyrrole nitrogens is 1. The van der Waals surface area contributed by atoms with Gasteiger partial charge in [-0.3, -0.25) is 14.4 Å². The van der Waals surface area contributed by atoms with Gasteiger partial charge in [0.25, 0.3) is 0 Å². The molecule has 2 unspecified atom stereocenters. The van der Waals surface area contributed by atoms with Crippen molar-refractivity contribution in [2.24, 2.45) is 11.5 Å². The highest BCUT2D eigenvalue weighted by Gasteiger charge is 2.14. The molecule has 0 spiro atoms. The van der Waals surface area contributed by atoms with Gasteiger partial charge in [0.15, 0.2) is 0 Å². The lowest BCUT2D eigenvalue weighted by molar-refractivity contribution is -0.144. The van der Waals surface area contributed by atoms with Crippen LogP contribution in [0.15, 0.2) is 12.5 Å². The second kappa shape index (κ2) is 8.61. The van der Waals surface area contributed by atoms with E-state index < -0.39 is 36.4 Å². The van der Waals surface area contributed by atoms with E-state index in [4.69, 9.17) is 26.8 Å². The molecular formula is C10H16N4O6. The summed E-state index contributed by atoms with van der Waals surface area (Å²) >= 11 is 0. The molecule has 2 atom stereocenters. The predicted molar refractivity (Wildman–Crippen MR) is 65.8 cm³/mol. The Morgan fingerprint density at radius 3 is 2.00 bits per heavy atom. The minimum absolute atomic E-state index is 0.287. The van der Waals surface area contributed by atoms with Crippen LogP contribution in [-0.4, -0.2) is 55.3 Å². The molecule has 10 nitrogen and oxygen atoms in total. The lowest BCUT2D eigenvalue weighted by atomic mass is 10.2. The maximum absolute atomic E-state index is 10.3. The summed E-state index contributed by atoms with van der Waals surface area (Å²) in [5.74, 6) is -3.50. The first kappa shape index (κ1) is 17.5. The molecule has 0 radical (unpaired) electrons. The highest BCUT2D eigenvalue weighted by molar-refractivity contribution is 5.80. The van der Waals surface area contributed by atoms with Crippen molar-refractivity contribution < 1.29 is 29.7 Å². The van der Waals surface area contributed by atoms with Crippen molar-refractivity contribution in [3.8, 4) is 0 Å². The second-order valence-electron chi connectivity index (χ2n) is 3.77. The maximum Gasteiger partial charge on any atom is 0.321 e. The van der Waals surface area contributed by atoms with Crippen LogP contribution in [0.4, 0.5) is 0 Å². The summed E-state index contributed by atoms with van der Waals surface area (Å²) in [6, 6.07) is -2.14. The van der Waals surface area contributed by atoms with Gasteiger partial charge in [0, 0.05) is 18.3 Å². The number of nitrogens with two attached hydrogens (primary N) is 2. The van der Waals surface area contributed by atoms with Crippen LogP contribution in [0.1, 0.15) is 12.1 Å². The largest absolute Gasteiger partial charge is 0.481 e. The van der Waals surface area contributed by atoms with Gasteiger partial charge in [-0.25, -0.2) is 4.98 Å². The van der Waals surface area contributed by atoms with E-state index >= 15 is 0 Å². The van der Waals surface area contributed by atoms with Gasteiger partial charge >= 0.3 is 17.9 Å². The van der Waals surface area contributed by atoms with E-state index in [0.29, 0.717) is 0 Å². The molecule has 0 aromatic carbocycles. The highest BCUT2D eigenvalue weighted by atomic mass is 16.4. The number of aromatic nitrogens is 2. The third-order valence-corrected chi connectivity index (χ3v) is 2.02. The number of aliphatic carboxylic acids is 3. The summed E-state index contributed by atoms with van der Waals surface area (Å²) in [7, 11) is 0. The van der Waals surface area contributed by atoms with Gasteiger partial charge in [-0.2, -0.15) is 0 Å². The molecule has 0 fully saturated rings. The van der Waals surface area contributed by atoms with Gasteiger partial charge in [0.2, 0.25) is 0 Å². The molecule has 0 aliphatic carbocycles. The van der Waals surface area contributed by atoms with E-state index in [-0.39, 0.29) is 6.42 Å². The first-order valence-corrected chi connectivity index (χ1v) is 5.39. The maximum atomic E-state index is 10.3. The second-order valence-corrected chi connectivity index (χ2v) is 3.77. The molecule has 10 heteroatoms. The van der Waals surface area contributed by atoms with Crippen LogP contribution in [0.2, 0.25) is 0 Å². The fourth-order valence-corrected chi connectivity index (χ4v) is 0.996. The van der Waals surface area contributed by atoms with Crippen LogP contribution in [0.3, 0.4) is 0 Å². The Morgan fingerprint density at radius 1 is 1.15 bits per heavy atom. The fraction of sp³-hybridized carbons (Fsp3) is 0.400. The van der Waals surface area contributed by atoms with Gasteiger partial charge in [-0.05, 0) is 0 Å². The Labute approximate surface area is 113 Å². The van der Waals surface area contributed by atoms with Gasteiger partial charge in [-0.15, -0.1) is 0 Å². The van der Waals surface area contributed by atoms with E-state index in [1.807, 2.05) is 0 Å². The lowest BCUT2D eigenvalue weighted by Gasteiger charge is -2.02. The topological polar surface area (TPSA) is 193 Å². The van der Waals surface area contributed by atoms with E-state index in [1.54, 1.807) is 6.20 Å². The first-order valence-electron chi connectivity index (χ1n) is 5.39. The molecular weight excluding hydrogens is 272 g/mol. The highest BCUT2D eigenvalue weighted by Crippen LogP contribution is 1.95. The average molecular weight is 288 g/mol. The number of nitrogens with one attached hydrogen (secondary N) is 1. The Bertz CT molecular complexity index is 447. The summed E-state index contributed by atoms with van der Waals surface area (Å²) in [6.07, 6.45) is 2.80. The number of aromatic amines is 1. The quantitative estimate of drug-likeness (QED) is 0.351. The lowest BCUT2D eigenvalue weighted by Crippen LogP contribution is -2.32. The minimum Gasteiger partial charge on any atom is -0.481 e. The zero-order chi connectivity index (χ0) is 15.7. The summed E-state index contributed by atoms with van der Waals surface area (Å²) < 4.78 is 0. The van der Waals surface area contributed by atoms with Crippen molar-refractivity contribution in [2.45, 2.75) is 24.9 Å². The van der Waals surface area contributed by atoms with Crippen LogP contribution in [0.25, 0.3) is 0 Å². The molecule has 1 aromatic rings. The van der Waals surface area contributed by atoms with Crippen molar-refractivity contribution in [2.75, 3.05) is 0 Å². The number of carboxylic acid groups (broad SMARTS) is 3. The molecule has 0 bridgehead atoms. The number of rotatable bonds is 6. The number of carboxylic acids is 3. The molecule has 0 aliphatic heterocycles. The molecule has 0 aliphatic rings. The summed E-state index contributed by atoms with van der Waals surface area (Å²) in [5, 5.41) is 24.5. The number of nitrogens with zero attached hydrogens (tertiary/aromatic N) is 1. The summed E-state index contributed by atoms with van der Waals surface area (Å²) in [5.41, 5.74) is 10.8. The standard InChI is InChI=1S/C6H9N3O2.C4H7NO4/c7-5(6(10)11)1-4-2-8-3-9-4;5-2(4(8)9)1-3(6)7/h2-3,5H,1,7H2,(H,8,9)(H,10,11);2H,1,5H2,(H,6,7)(H,8,9). The average Bonchev–Trinajstić information content (AvgIpc) is 2.81. The first-order chi connectivity index (χ1) is 9.23. The third kappa shape index (κ3) is 7.79. The summed E-state index contributed by atoms with van der Waals surface area (Å²) in [4.78, 5) is 36.4. The zero-order valence-corrected chi connectivity index (χ0v) is 10.4. The molecule has 0 saturated carbocycles. The van der Waals surface area contributed by atoms with Crippen LogP contribution in [0.5, 0.6) is 0 Å². The van der Waals surface area contributed by atoms with Crippen LogP contribution >= 0.6 is 0 Å². The van der Waals surface area contributed by atoms with E-state index in [2.05, 4.69) is 9.97 Å². The Balaban J connectivity index is 0.000000370. The third-order valence-electron chi connectivity index (χ3n) is 2.02. The number of hydrogen-bond donors (Lipinski definition) is 6. The minimum atomic E-state index is -1.29. The van der Waals surface area contributed by atoms with Gasteiger partial charge in [0.1, 0.15) is 12.1 Å². The molecule has 1 heterocycles. The Morgan fingerprint density at radius 2 is 1.70 bits per heavy atom. The number of carbonyl (C=O) groups is 3. The van der Waals surface area contributed by atoms with Crippen LogP contribution < -0.4 is 11.5 Å². The van der Waals surface area contributed by atoms with Crippen LogP contribution in [-0.2, 0) is 20.8 Å². The van der Waals surface area contributed by atoms with Gasteiger partial charge in [-0.1, -0.05) is 0 Å².